The van der Waals surface area contributed by atoms with Crippen molar-refractivity contribution < 1.29 is 19.1 Å². The number of methoxy groups -OCH3 is 1. The Morgan fingerprint density at radius 2 is 2.07 bits per heavy atom. The first-order valence-electron chi connectivity index (χ1n) is 8.13. The molecular formula is C20H18BrN3O4. The van der Waals surface area contributed by atoms with Crippen LogP contribution >= 0.6 is 15.9 Å². The molecule has 8 heteroatoms. The molecule has 7 nitrogen and oxygen atoms in total. The van der Waals surface area contributed by atoms with Crippen LogP contribution in [0.2, 0.25) is 0 Å². The molecule has 2 amide bonds. The van der Waals surface area contributed by atoms with Gasteiger partial charge in [0.15, 0.2) is 0 Å². The molecule has 0 aromatic heterocycles. The van der Waals surface area contributed by atoms with Gasteiger partial charge in [0, 0.05) is 21.8 Å². The maximum Gasteiger partial charge on any atom is 0.249 e. The summed E-state index contributed by atoms with van der Waals surface area (Å²) in [6, 6.07) is 12.1. The molecule has 144 valence electrons. The highest BCUT2D eigenvalue weighted by Gasteiger charge is 2.10. The Kier molecular flexibility index (Phi) is 8.06. The molecule has 0 spiro atoms. The van der Waals surface area contributed by atoms with Crippen molar-refractivity contribution in [2.75, 3.05) is 19.0 Å². The summed E-state index contributed by atoms with van der Waals surface area (Å²) in [5.41, 5.74) is 3.46. The van der Waals surface area contributed by atoms with Crippen LogP contribution in [0.25, 0.3) is 0 Å². The number of hydrogen-bond donors (Lipinski definition) is 2. The van der Waals surface area contributed by atoms with Crippen molar-refractivity contribution in [1.29, 1.82) is 0 Å². The Morgan fingerprint density at radius 3 is 2.82 bits per heavy atom. The van der Waals surface area contributed by atoms with Crippen molar-refractivity contribution in [3.8, 4) is 23.8 Å². The van der Waals surface area contributed by atoms with E-state index in [1.165, 1.54) is 13.3 Å². The molecule has 0 aliphatic rings. The van der Waals surface area contributed by atoms with Gasteiger partial charge in [0.05, 0.1) is 13.3 Å². The molecule has 0 aliphatic carbocycles. The normalized spacial score (nSPS) is 10.2. The zero-order chi connectivity index (χ0) is 20.4. The second-order valence-electron chi connectivity index (χ2n) is 5.43. The van der Waals surface area contributed by atoms with Gasteiger partial charge in [-0.15, -0.1) is 6.42 Å². The van der Waals surface area contributed by atoms with E-state index in [1.54, 1.807) is 42.5 Å². The standard InChI is InChI=1S/C20H18BrN3O4/c1-3-9-28-18-8-7-15(21)10-14(18)13-22-24-20(26)12-19(25)23-16-5-4-6-17(11-16)27-2/h1,4-8,10-11,13H,9,12H2,2H3,(H,23,25)(H,24,26). The number of nitrogens with zero attached hydrogens (tertiary/aromatic N) is 1. The van der Waals surface area contributed by atoms with E-state index in [0.717, 1.165) is 4.47 Å². The van der Waals surface area contributed by atoms with Crippen molar-refractivity contribution in [1.82, 2.24) is 5.43 Å². The van der Waals surface area contributed by atoms with Crippen LogP contribution in [0.4, 0.5) is 5.69 Å². The number of halogens is 1. The predicted molar refractivity (Wildman–Crippen MR) is 110 cm³/mol. The van der Waals surface area contributed by atoms with Gasteiger partial charge in [-0.2, -0.15) is 5.10 Å². The molecule has 0 atom stereocenters. The lowest BCUT2D eigenvalue weighted by atomic mass is 10.2. The van der Waals surface area contributed by atoms with Gasteiger partial charge >= 0.3 is 0 Å². The third-order valence-electron chi connectivity index (χ3n) is 3.35. The molecule has 2 aromatic rings. The summed E-state index contributed by atoms with van der Waals surface area (Å²) in [5, 5.41) is 6.48. The fourth-order valence-corrected chi connectivity index (χ4v) is 2.52. The smallest absolute Gasteiger partial charge is 0.249 e. The maximum atomic E-state index is 12.0. The van der Waals surface area contributed by atoms with Crippen LogP contribution in [0.15, 0.2) is 52.0 Å². The quantitative estimate of drug-likeness (QED) is 0.284. The first-order chi connectivity index (χ1) is 13.5. The number of carbonyl (C=O) groups excluding carboxylic acids is 2. The van der Waals surface area contributed by atoms with Gasteiger partial charge in [-0.3, -0.25) is 9.59 Å². The van der Waals surface area contributed by atoms with E-state index < -0.39 is 11.8 Å². The lowest BCUT2D eigenvalue weighted by Crippen LogP contribution is -2.24. The molecule has 2 aromatic carbocycles. The summed E-state index contributed by atoms with van der Waals surface area (Å²) in [5.74, 6) is 2.48. The van der Waals surface area contributed by atoms with Gasteiger partial charge in [0.2, 0.25) is 11.8 Å². The third kappa shape index (κ3) is 6.78. The first-order valence-corrected chi connectivity index (χ1v) is 8.92. The summed E-state index contributed by atoms with van der Waals surface area (Å²) < 4.78 is 11.3. The lowest BCUT2D eigenvalue weighted by molar-refractivity contribution is -0.126. The number of carbonyl (C=O) groups is 2. The molecule has 0 unspecified atom stereocenters. The molecule has 2 rings (SSSR count). The highest BCUT2D eigenvalue weighted by Crippen LogP contribution is 2.21. The molecule has 28 heavy (non-hydrogen) atoms. The summed E-state index contributed by atoms with van der Waals surface area (Å²) in [4.78, 5) is 23.9. The fraction of sp³-hybridized carbons (Fsp3) is 0.150. The van der Waals surface area contributed by atoms with Crippen molar-refractivity contribution in [3.05, 3.63) is 52.5 Å². The number of anilines is 1. The monoisotopic (exact) mass is 443 g/mol. The van der Waals surface area contributed by atoms with Gasteiger partial charge in [-0.05, 0) is 30.3 Å². The van der Waals surface area contributed by atoms with Gasteiger partial charge in [0.1, 0.15) is 24.5 Å². The van der Waals surface area contributed by atoms with E-state index in [2.05, 4.69) is 37.7 Å². The van der Waals surface area contributed by atoms with E-state index in [9.17, 15) is 9.59 Å². The van der Waals surface area contributed by atoms with Crippen LogP contribution in [0.3, 0.4) is 0 Å². The van der Waals surface area contributed by atoms with Gasteiger partial charge in [-0.25, -0.2) is 5.43 Å². The first kappa shape index (κ1) is 21.0. The summed E-state index contributed by atoms with van der Waals surface area (Å²) in [6.07, 6.45) is 6.22. The van der Waals surface area contributed by atoms with Crippen LogP contribution in [0.5, 0.6) is 11.5 Å². The maximum absolute atomic E-state index is 12.0. The van der Waals surface area contributed by atoms with E-state index in [1.807, 2.05) is 0 Å². The third-order valence-corrected chi connectivity index (χ3v) is 3.84. The molecule has 0 saturated heterocycles. The van der Waals surface area contributed by atoms with E-state index in [4.69, 9.17) is 15.9 Å². The molecule has 0 saturated carbocycles. The number of amides is 2. The number of terminal acetylenes is 1. The highest BCUT2D eigenvalue weighted by atomic mass is 79.9. The summed E-state index contributed by atoms with van der Waals surface area (Å²) in [6.45, 7) is 0.110. The number of nitrogens with one attached hydrogen (secondary N) is 2. The van der Waals surface area contributed by atoms with Crippen molar-refractivity contribution >= 4 is 39.6 Å². The van der Waals surface area contributed by atoms with E-state index in [-0.39, 0.29) is 13.0 Å². The van der Waals surface area contributed by atoms with Crippen molar-refractivity contribution in [2.24, 2.45) is 5.10 Å². The van der Waals surface area contributed by atoms with Crippen molar-refractivity contribution in [2.45, 2.75) is 6.42 Å². The number of ether oxygens (including phenoxy) is 2. The Bertz CT molecular complexity index is 922. The Balaban J connectivity index is 1.90. The summed E-state index contributed by atoms with van der Waals surface area (Å²) in [7, 11) is 1.53. The molecule has 0 radical (unpaired) electrons. The van der Waals surface area contributed by atoms with Crippen molar-refractivity contribution in [3.63, 3.8) is 0 Å². The Labute approximate surface area is 171 Å². The zero-order valence-electron chi connectivity index (χ0n) is 15.1. The summed E-state index contributed by atoms with van der Waals surface area (Å²) >= 11 is 3.35. The lowest BCUT2D eigenvalue weighted by Gasteiger charge is -2.07. The Hall–Kier alpha value is -3.31. The van der Waals surface area contributed by atoms with Crippen LogP contribution in [-0.4, -0.2) is 31.7 Å². The molecule has 0 heterocycles. The van der Waals surface area contributed by atoms with Crippen LogP contribution < -0.4 is 20.2 Å². The van der Waals surface area contributed by atoms with Crippen LogP contribution in [0.1, 0.15) is 12.0 Å². The molecular weight excluding hydrogens is 426 g/mol. The molecule has 0 aliphatic heterocycles. The van der Waals surface area contributed by atoms with Crippen LogP contribution in [-0.2, 0) is 9.59 Å². The minimum Gasteiger partial charge on any atom is -0.497 e. The second-order valence-corrected chi connectivity index (χ2v) is 6.34. The number of benzene rings is 2. The number of hydrazone groups is 1. The zero-order valence-corrected chi connectivity index (χ0v) is 16.7. The molecule has 0 bridgehead atoms. The largest absolute Gasteiger partial charge is 0.497 e. The number of hydrogen-bond acceptors (Lipinski definition) is 5. The fourth-order valence-electron chi connectivity index (χ4n) is 2.14. The predicted octanol–water partition coefficient (Wildman–Crippen LogP) is 2.95. The van der Waals surface area contributed by atoms with Gasteiger partial charge < -0.3 is 14.8 Å². The second kappa shape index (κ2) is 10.7. The Morgan fingerprint density at radius 1 is 1.25 bits per heavy atom. The minimum atomic E-state index is -0.558. The number of rotatable bonds is 8. The van der Waals surface area contributed by atoms with Gasteiger partial charge in [0.25, 0.3) is 0 Å². The van der Waals surface area contributed by atoms with Crippen LogP contribution in [0, 0.1) is 12.3 Å². The molecule has 0 fully saturated rings. The average molecular weight is 444 g/mol. The molecule has 2 N–H and O–H groups in total. The highest BCUT2D eigenvalue weighted by molar-refractivity contribution is 9.10. The SMILES string of the molecule is C#CCOc1ccc(Br)cc1C=NNC(=O)CC(=O)Nc1cccc(OC)c1. The average Bonchev–Trinajstić information content (AvgIpc) is 2.67. The topological polar surface area (TPSA) is 89.0 Å². The van der Waals surface area contributed by atoms with E-state index >= 15 is 0 Å². The van der Waals surface area contributed by atoms with E-state index in [0.29, 0.717) is 22.7 Å². The van der Waals surface area contributed by atoms with Gasteiger partial charge in [-0.1, -0.05) is 27.9 Å². The minimum absolute atomic E-state index is 0.110.